The summed E-state index contributed by atoms with van der Waals surface area (Å²) in [6.45, 7) is 13.3. The van der Waals surface area contributed by atoms with E-state index >= 15 is 0 Å². The molecule has 0 aromatic heterocycles. The molecule has 0 amide bonds. The molecule has 0 aliphatic heterocycles. The highest BCUT2D eigenvalue weighted by molar-refractivity contribution is 5.94. The Morgan fingerprint density at radius 3 is 2.47 bits per heavy atom. The first kappa shape index (κ1) is 26.0. The molecule has 0 bridgehead atoms. The fourth-order valence-electron chi connectivity index (χ4n) is 9.51. The molecule has 0 aromatic rings. The molecule has 4 rings (SSSR count). The molecule has 0 heterocycles. The molecular weight excluding hydrogens is 426 g/mol. The van der Waals surface area contributed by atoms with Crippen LogP contribution in [0.4, 0.5) is 0 Å². The van der Waals surface area contributed by atoms with Gasteiger partial charge < -0.3 is 15.1 Å². The summed E-state index contributed by atoms with van der Waals surface area (Å²) in [7, 11) is 0. The summed E-state index contributed by atoms with van der Waals surface area (Å²) in [4.78, 5) is 11.6. The van der Waals surface area contributed by atoms with Crippen molar-refractivity contribution in [1.29, 1.82) is 0 Å². The third kappa shape index (κ3) is 4.12. The van der Waals surface area contributed by atoms with E-state index < -0.39 is 5.60 Å². The van der Waals surface area contributed by atoms with Gasteiger partial charge in [-0.1, -0.05) is 59.0 Å². The van der Waals surface area contributed by atoms with Crippen LogP contribution >= 0.6 is 0 Å². The number of esters is 1. The monoisotopic (exact) mass is 475 g/mol. The van der Waals surface area contributed by atoms with Gasteiger partial charge in [-0.05, 0) is 85.9 Å². The number of hydrogen-bond acceptors (Lipinski definition) is 5. The maximum absolute atomic E-state index is 12.0. The van der Waals surface area contributed by atoms with Crippen LogP contribution in [-0.4, -0.2) is 33.7 Å². The highest BCUT2D eigenvalue weighted by Crippen LogP contribution is 2.68. The maximum Gasteiger partial charge on any atom is 0.302 e. The van der Waals surface area contributed by atoms with Crippen LogP contribution in [0, 0.1) is 46.3 Å². The number of hydrogen-bond donors (Lipinski definition) is 2. The molecule has 2 N–H and O–H groups in total. The van der Waals surface area contributed by atoms with Crippen LogP contribution < -0.4 is 0 Å². The van der Waals surface area contributed by atoms with Crippen molar-refractivity contribution in [3.63, 3.8) is 0 Å². The first-order chi connectivity index (χ1) is 16.0. The minimum Gasteiger partial charge on any atom is -0.462 e. The molecule has 4 saturated carbocycles. The van der Waals surface area contributed by atoms with Gasteiger partial charge in [-0.2, -0.15) is 0 Å². The van der Waals surface area contributed by atoms with E-state index in [1.165, 1.54) is 45.4 Å². The Morgan fingerprint density at radius 1 is 1.09 bits per heavy atom. The molecular formula is C29H49NO4. The van der Waals surface area contributed by atoms with Crippen LogP contribution in [-0.2, 0) is 9.53 Å². The number of rotatable bonds is 6. The van der Waals surface area contributed by atoms with Crippen LogP contribution in [0.15, 0.2) is 5.16 Å². The van der Waals surface area contributed by atoms with Gasteiger partial charge >= 0.3 is 5.97 Å². The van der Waals surface area contributed by atoms with Crippen molar-refractivity contribution in [2.75, 3.05) is 0 Å². The number of oxime groups is 1. The predicted octanol–water partition coefficient (Wildman–Crippen LogP) is 6.59. The van der Waals surface area contributed by atoms with E-state index in [2.05, 4.69) is 39.8 Å². The Bertz CT molecular complexity index is 795. The van der Waals surface area contributed by atoms with Crippen molar-refractivity contribution < 1.29 is 19.8 Å². The minimum absolute atomic E-state index is 0.304. The first-order valence-corrected chi connectivity index (χ1v) is 14.1. The second kappa shape index (κ2) is 9.41. The van der Waals surface area contributed by atoms with Gasteiger partial charge in [0.25, 0.3) is 0 Å². The average Bonchev–Trinajstić information content (AvgIpc) is 3.11. The first-order valence-electron chi connectivity index (χ1n) is 14.1. The number of fused-ring (bicyclic) bond motifs is 5. The quantitative estimate of drug-likeness (QED) is 0.258. The topological polar surface area (TPSA) is 79.1 Å². The molecule has 5 nitrogen and oxygen atoms in total. The summed E-state index contributed by atoms with van der Waals surface area (Å²) in [5.74, 6) is 3.53. The van der Waals surface area contributed by atoms with Crippen molar-refractivity contribution in [3.05, 3.63) is 0 Å². The van der Waals surface area contributed by atoms with Gasteiger partial charge in [0.15, 0.2) is 0 Å². The Hall–Kier alpha value is -1.10. The fourth-order valence-corrected chi connectivity index (χ4v) is 9.51. The van der Waals surface area contributed by atoms with E-state index in [1.807, 2.05) is 0 Å². The van der Waals surface area contributed by atoms with Crippen LogP contribution in [0.5, 0.6) is 0 Å². The van der Waals surface area contributed by atoms with Crippen LogP contribution in [0.1, 0.15) is 112 Å². The van der Waals surface area contributed by atoms with E-state index in [0.717, 1.165) is 37.0 Å². The van der Waals surface area contributed by atoms with Gasteiger partial charge in [0, 0.05) is 18.8 Å². The Balaban J connectivity index is 1.56. The lowest BCUT2D eigenvalue weighted by molar-refractivity contribution is -0.183. The lowest BCUT2D eigenvalue weighted by Crippen LogP contribution is -2.67. The number of ether oxygens (including phenoxy) is 1. The van der Waals surface area contributed by atoms with Crippen molar-refractivity contribution >= 4 is 11.7 Å². The molecule has 0 saturated heterocycles. The molecule has 9 atom stereocenters. The third-order valence-corrected chi connectivity index (χ3v) is 11.3. The summed E-state index contributed by atoms with van der Waals surface area (Å²) in [5, 5.41) is 25.8. The van der Waals surface area contributed by atoms with Crippen molar-refractivity contribution in [2.45, 2.75) is 124 Å². The second-order valence-electron chi connectivity index (χ2n) is 13.4. The zero-order valence-corrected chi connectivity index (χ0v) is 22.5. The van der Waals surface area contributed by atoms with Gasteiger partial charge in [-0.25, -0.2) is 0 Å². The van der Waals surface area contributed by atoms with Crippen molar-refractivity contribution in [1.82, 2.24) is 0 Å². The summed E-state index contributed by atoms with van der Waals surface area (Å²) in [6, 6.07) is 0. The number of carbonyl (C=O) groups is 1. The van der Waals surface area contributed by atoms with Crippen LogP contribution in [0.25, 0.3) is 0 Å². The third-order valence-electron chi connectivity index (χ3n) is 11.3. The summed E-state index contributed by atoms with van der Waals surface area (Å²) in [5.41, 5.74) is -0.654. The van der Waals surface area contributed by atoms with E-state index in [-0.39, 0.29) is 17.5 Å². The lowest BCUT2D eigenvalue weighted by atomic mass is 9.42. The molecule has 0 aromatic carbocycles. The van der Waals surface area contributed by atoms with Gasteiger partial charge in [0.1, 0.15) is 11.7 Å². The molecule has 4 aliphatic carbocycles. The molecule has 9 unspecified atom stereocenters. The Morgan fingerprint density at radius 2 is 1.82 bits per heavy atom. The van der Waals surface area contributed by atoms with Crippen molar-refractivity contribution in [3.8, 4) is 0 Å². The highest BCUT2D eigenvalue weighted by Gasteiger charge is 2.67. The predicted molar refractivity (Wildman–Crippen MR) is 135 cm³/mol. The van der Waals surface area contributed by atoms with Gasteiger partial charge in [0.2, 0.25) is 0 Å². The molecule has 194 valence electrons. The van der Waals surface area contributed by atoms with Gasteiger partial charge in [-0.3, -0.25) is 4.79 Å². The standard InChI is InChI=1S/C29H49NO4/c1-18(2)8-7-9-19(3)23-10-11-24-22-16-26(30-33)29(32)17-21(34-20(4)31)12-15-28(29,6)25(22)13-14-27(23,24)5/h18-19,21-25,32-33H,7-17H2,1-6H3/b30-26+. The summed E-state index contributed by atoms with van der Waals surface area (Å²) in [6.07, 6.45) is 11.2. The molecule has 5 heteroatoms. The normalized spacial score (nSPS) is 46.0. The maximum atomic E-state index is 12.0. The fraction of sp³-hybridized carbons (Fsp3) is 0.931. The Kier molecular flexibility index (Phi) is 7.19. The zero-order valence-electron chi connectivity index (χ0n) is 22.5. The highest BCUT2D eigenvalue weighted by atomic mass is 16.5. The van der Waals surface area contributed by atoms with Crippen LogP contribution in [0.3, 0.4) is 0 Å². The number of aliphatic hydroxyl groups is 1. The lowest BCUT2D eigenvalue weighted by Gasteiger charge is -2.64. The van der Waals surface area contributed by atoms with Gasteiger partial charge in [-0.15, -0.1) is 0 Å². The van der Waals surface area contributed by atoms with E-state index in [0.29, 0.717) is 41.7 Å². The zero-order chi connectivity index (χ0) is 24.9. The van der Waals surface area contributed by atoms with E-state index in [1.54, 1.807) is 0 Å². The molecule has 0 radical (unpaired) electrons. The molecule has 4 aliphatic rings. The smallest absolute Gasteiger partial charge is 0.302 e. The van der Waals surface area contributed by atoms with Crippen LogP contribution in [0.2, 0.25) is 0 Å². The summed E-state index contributed by atoms with van der Waals surface area (Å²) < 4.78 is 5.52. The van der Waals surface area contributed by atoms with E-state index in [4.69, 9.17) is 4.74 Å². The molecule has 34 heavy (non-hydrogen) atoms. The Labute approximate surface area is 207 Å². The molecule has 0 spiro atoms. The average molecular weight is 476 g/mol. The SMILES string of the molecule is CC(=O)OC1CCC2(C)C3CCC4(C)C(C(C)CCCC(C)C)CCC4C3C/C(=N\O)C2(O)C1. The van der Waals surface area contributed by atoms with Crippen molar-refractivity contribution in [2.24, 2.45) is 51.5 Å². The number of carbonyl (C=O) groups excluding carboxylic acids is 1. The van der Waals surface area contributed by atoms with Gasteiger partial charge in [0.05, 0.1) is 5.71 Å². The second-order valence-corrected chi connectivity index (χ2v) is 13.4. The largest absolute Gasteiger partial charge is 0.462 e. The minimum atomic E-state index is -1.20. The molecule has 4 fully saturated rings. The number of nitrogens with zero attached hydrogens (tertiary/aromatic N) is 1. The summed E-state index contributed by atoms with van der Waals surface area (Å²) >= 11 is 0. The van der Waals surface area contributed by atoms with E-state index in [9.17, 15) is 15.1 Å².